The zero-order valence-electron chi connectivity index (χ0n) is 94.0. The maximum Gasteiger partial charge on any atom is 0.419 e. The number of amides is 7. The number of H-pyrrole nitrogens is 1. The highest BCUT2D eigenvalue weighted by atomic mass is 16.5. The monoisotopic (exact) mass is 2020 g/mol. The van der Waals surface area contributed by atoms with Crippen molar-refractivity contribution in [2.24, 2.45) is 7.05 Å². The molecule has 8 aliphatic heterocycles. The lowest BCUT2D eigenvalue weighted by Gasteiger charge is -2.31. The Morgan fingerprint density at radius 3 is 1.32 bits per heavy atom. The fraction of sp³-hybridized carbons (Fsp3) is 0.439. The van der Waals surface area contributed by atoms with Crippen molar-refractivity contribution in [2.45, 2.75) is 288 Å². The van der Waals surface area contributed by atoms with Crippen LogP contribution < -0.4 is 71.3 Å². The number of aromatic nitrogens is 2. The fourth-order valence-corrected chi connectivity index (χ4v) is 17.8. The van der Waals surface area contributed by atoms with Crippen LogP contribution in [0.25, 0.3) is 22.2 Å². The molecule has 148 heavy (non-hydrogen) atoms. The fourth-order valence-electron chi connectivity index (χ4n) is 17.8. The van der Waals surface area contributed by atoms with E-state index in [1.165, 1.54) is 43.5 Å². The van der Waals surface area contributed by atoms with Crippen LogP contribution >= 0.6 is 0 Å². The Kier molecular flexibility index (Phi) is 34.5. The Morgan fingerprint density at radius 2 is 0.730 bits per heavy atom. The Labute approximate surface area is 875 Å². The van der Waals surface area contributed by atoms with Crippen molar-refractivity contribution in [3.63, 3.8) is 0 Å². The molecular formula is C123H158N10O15. The van der Waals surface area contributed by atoms with Crippen LogP contribution in [0.3, 0.4) is 0 Å². The number of ether oxygens (including phenoxy) is 4. The van der Waals surface area contributed by atoms with E-state index in [9.17, 15) is 43.2 Å². The molecule has 10 aromatic carbocycles. The van der Waals surface area contributed by atoms with E-state index < -0.39 is 5.76 Å². The van der Waals surface area contributed by atoms with E-state index in [4.69, 9.17) is 27.8 Å². The van der Waals surface area contributed by atoms with Gasteiger partial charge in [-0.2, -0.15) is 0 Å². The summed E-state index contributed by atoms with van der Waals surface area (Å²) in [6.07, 6.45) is 2.13. The number of rotatable bonds is 0. The van der Waals surface area contributed by atoms with E-state index in [2.05, 4.69) is 307 Å². The van der Waals surface area contributed by atoms with Crippen LogP contribution in [0.1, 0.15) is 286 Å². The van der Waals surface area contributed by atoms with E-state index in [0.717, 1.165) is 132 Å². The van der Waals surface area contributed by atoms with Crippen LogP contribution in [-0.2, 0) is 120 Å². The van der Waals surface area contributed by atoms with Gasteiger partial charge in [0, 0.05) is 81.1 Å². The second kappa shape index (κ2) is 44.6. The molecule has 0 unspecified atom stereocenters. The van der Waals surface area contributed by atoms with Crippen molar-refractivity contribution in [1.29, 1.82) is 0 Å². The summed E-state index contributed by atoms with van der Waals surface area (Å²) in [7, 11) is 8.94. The number of aryl methyl sites for hydroxylation is 1. The second-order valence-electron chi connectivity index (χ2n) is 49.2. The first-order valence-corrected chi connectivity index (χ1v) is 51.0. The Morgan fingerprint density at radius 1 is 0.291 bits per heavy atom. The summed E-state index contributed by atoms with van der Waals surface area (Å²) in [5.74, 6) is 3.27. The number of fused-ring (bicyclic) bond motifs is 10. The lowest BCUT2D eigenvalue weighted by atomic mass is 9.84. The highest BCUT2D eigenvalue weighted by molar-refractivity contribution is 6.04. The number of nitrogens with one attached hydrogen (secondary N) is 5. The van der Waals surface area contributed by atoms with Gasteiger partial charge in [0.2, 0.25) is 23.6 Å². The summed E-state index contributed by atoms with van der Waals surface area (Å²) in [5.41, 5.74) is 28.1. The van der Waals surface area contributed by atoms with E-state index in [1.807, 2.05) is 116 Å². The van der Waals surface area contributed by atoms with Crippen molar-refractivity contribution in [1.82, 2.24) is 9.55 Å². The molecule has 10 heterocycles. The number of carbonyl (C=O) groups excluding carboxylic acids is 7. The Hall–Kier alpha value is -14.0. The number of anilines is 8. The van der Waals surface area contributed by atoms with Crippen molar-refractivity contribution >= 4 is 109 Å². The topological polar surface area (TPSA) is 299 Å². The average molecular weight is 2020 g/mol. The molecule has 0 bridgehead atoms. The van der Waals surface area contributed by atoms with Gasteiger partial charge < -0.3 is 68.6 Å². The SMILES string of the molecule is CC(C)(C)c1ccc2c(c1)CC(=O)N2.CC(C)(C)c1ccc2c(c1)NC(=O)C2.CC(C)(C)c1cccc2[nH]c(=O)oc12.CC(C)(C)c1cccc2c1NC(=O)C2.CC(C)(C)c1cccc2c1OCCN2.CN1C(=O)COc2c1cccc2C(C)(C)C.CN1C(=O)COc2cc(C(C)(C)C)ccc21.CN1C(=O)COc2ccc(C(C)(C)C)cc21.CN1C(=O)Cc2cccc(C(C)(C)C)c21.Cn1c(=O)oc2c(C(C)(C)C)cccc21. The van der Waals surface area contributed by atoms with Crippen LogP contribution in [0.4, 0.5) is 45.5 Å². The van der Waals surface area contributed by atoms with Crippen LogP contribution in [-0.4, -0.2) is 112 Å². The molecule has 2 aromatic heterocycles. The minimum absolute atomic E-state index is 0.00133. The standard InChI is InChI=1S/3C13H17NO2.C13H17NO.C12H15NO2.2C12H15NO.C12H17NO.C12H15NO.C11H13NO2/c1-13(2,3)9-5-6-11-10(7-9)14(4)12(15)8-16-11;1-13(2,3)9-5-6-10-11(7-9)16-8-12(15)14(10)4;1-13(2,3)9-6-5-7-10-12(9)16-8-11(15)14(10)4;1-13(2,3)10-7-5-6-9-8-11(15)14(4)12(9)10;1-12(2,3)8-6-5-7-9-10(8)15-11(14)13(9)4;1-12(2,3)9-4-5-10-8(6-9)7-11(14)13-10;1-12(2,3)9-5-4-8-6-11(14)13-10(8)7-9;1-12(2,3)9-5-4-6-10-11(9)14-8-7-13-10;1-12(2,3)9-6-4-5-8-7-10(14)13-11(8)9;1-11(2,3)7-5-4-6-8-9(7)14-10(13)12-8/h3*5-7H,8H2,1-4H3;5-7H,8H2,1-4H3;5-7H,1-4H3;4-6H,7H2,1-3H3,(H,13,14);4-5,7H,6H2,1-3H3,(H,13,14);4-6,13H,7-8H2,1-3H3;4-6H,7H2,1-3H3,(H,13,14);4-6H,1-3H3,(H,12,13). The predicted molar refractivity (Wildman–Crippen MR) is 602 cm³/mol. The minimum atomic E-state index is -0.392. The van der Waals surface area contributed by atoms with Crippen LogP contribution in [0.2, 0.25) is 0 Å². The molecule has 7 amide bonds. The van der Waals surface area contributed by atoms with E-state index in [-0.39, 0.29) is 121 Å². The number of carbonyl (C=O) groups is 7. The zero-order chi connectivity index (χ0) is 110. The number of hydrogen-bond donors (Lipinski definition) is 5. The lowest BCUT2D eigenvalue weighted by Crippen LogP contribution is -2.36. The molecule has 0 atom stereocenters. The number of nitrogens with zero attached hydrogens (tertiary/aromatic N) is 5. The first-order chi connectivity index (χ1) is 68.5. The summed E-state index contributed by atoms with van der Waals surface area (Å²) < 4.78 is 34.0. The summed E-state index contributed by atoms with van der Waals surface area (Å²) in [6, 6.07) is 60.7. The third-order valence-electron chi connectivity index (χ3n) is 26.8. The van der Waals surface area contributed by atoms with Crippen LogP contribution in [0.15, 0.2) is 200 Å². The Bertz CT molecular complexity index is 6960. The minimum Gasteiger partial charge on any atom is -0.489 e. The maximum atomic E-state index is 11.6. The van der Waals surface area contributed by atoms with Gasteiger partial charge in [-0.15, -0.1) is 0 Å². The van der Waals surface area contributed by atoms with Crippen LogP contribution in [0, 0.1) is 0 Å². The van der Waals surface area contributed by atoms with Gasteiger partial charge in [0.25, 0.3) is 17.7 Å². The van der Waals surface area contributed by atoms with Gasteiger partial charge in [0.15, 0.2) is 31.0 Å². The molecule has 5 N–H and O–H groups in total. The average Bonchev–Trinajstić information content (AvgIpc) is 1.61. The lowest BCUT2D eigenvalue weighted by molar-refractivity contribution is -0.121. The van der Waals surface area contributed by atoms with Gasteiger partial charge in [-0.1, -0.05) is 329 Å². The molecule has 25 heteroatoms. The molecule has 0 aliphatic carbocycles. The van der Waals surface area contributed by atoms with E-state index >= 15 is 0 Å². The number of likely N-dealkylation sites (N-methyl/N-ethyl adjacent to an activating group) is 4. The van der Waals surface area contributed by atoms with Gasteiger partial charge in [-0.3, -0.25) is 43.1 Å². The highest BCUT2D eigenvalue weighted by Gasteiger charge is 2.36. The highest BCUT2D eigenvalue weighted by Crippen LogP contribution is 2.46. The molecule has 12 aromatic rings. The molecule has 0 saturated heterocycles. The molecule has 0 fully saturated rings. The number of benzene rings is 10. The smallest absolute Gasteiger partial charge is 0.419 e. The number of oxazole rings is 2. The van der Waals surface area contributed by atoms with Gasteiger partial charge in [0.05, 0.1) is 65.2 Å². The largest absolute Gasteiger partial charge is 0.489 e. The Balaban J connectivity index is 0.000000156. The van der Waals surface area contributed by atoms with Gasteiger partial charge in [-0.25, -0.2) is 9.59 Å². The molecule has 0 radical (unpaired) electrons. The molecule has 0 saturated carbocycles. The van der Waals surface area contributed by atoms with Gasteiger partial charge in [-0.05, 0) is 170 Å². The van der Waals surface area contributed by atoms with Crippen LogP contribution in [0.5, 0.6) is 23.0 Å². The summed E-state index contributed by atoms with van der Waals surface area (Å²) in [4.78, 5) is 112. The van der Waals surface area contributed by atoms with E-state index in [1.54, 1.807) is 47.8 Å². The molecule has 25 nitrogen and oxygen atoms in total. The maximum absolute atomic E-state index is 11.6. The normalized spacial score (nSPS) is 14.9. The first kappa shape index (κ1) is 114. The van der Waals surface area contributed by atoms with Gasteiger partial charge in [0.1, 0.15) is 29.6 Å². The van der Waals surface area contributed by atoms with Crippen molar-refractivity contribution in [3.8, 4) is 23.0 Å². The van der Waals surface area contributed by atoms with Crippen molar-refractivity contribution < 1.29 is 61.3 Å². The van der Waals surface area contributed by atoms with Crippen molar-refractivity contribution in [3.05, 3.63) is 281 Å². The molecule has 8 aliphatic rings. The summed E-state index contributed by atoms with van der Waals surface area (Å²) in [5, 5.41) is 12.0. The zero-order valence-corrected chi connectivity index (χ0v) is 94.0. The molecule has 790 valence electrons. The summed E-state index contributed by atoms with van der Waals surface area (Å²) >= 11 is 0. The third kappa shape index (κ3) is 28.1. The number of aromatic amines is 1. The molecule has 0 spiro atoms. The number of hydrogen-bond acceptors (Lipinski definition) is 16. The third-order valence-corrected chi connectivity index (χ3v) is 26.8. The summed E-state index contributed by atoms with van der Waals surface area (Å²) in [6.45, 7) is 66.7. The number of para-hydroxylation sites is 6. The van der Waals surface area contributed by atoms with Gasteiger partial charge >= 0.3 is 11.5 Å². The molecule has 20 rings (SSSR count). The van der Waals surface area contributed by atoms with E-state index in [0.29, 0.717) is 36.8 Å². The second-order valence-corrected chi connectivity index (χ2v) is 49.2. The quantitative estimate of drug-likeness (QED) is 0.0942. The first-order valence-electron chi connectivity index (χ1n) is 51.0. The molecular weight excluding hydrogens is 1860 g/mol. The van der Waals surface area contributed by atoms with Crippen molar-refractivity contribution in [2.75, 3.05) is 102 Å². The predicted octanol–water partition coefficient (Wildman–Crippen LogP) is 24.6.